The molecular weight excluding hydrogens is 429 g/mol. The molecule has 0 aliphatic heterocycles. The van der Waals surface area contributed by atoms with Gasteiger partial charge in [-0.1, -0.05) is 0 Å². The molecule has 0 atom stereocenters. The Balaban J connectivity index is 3.20. The first-order chi connectivity index (χ1) is 7.51. The number of rotatable bonds is 3. The second kappa shape index (κ2) is 6.23. The summed E-state index contributed by atoms with van der Waals surface area (Å²) in [5.41, 5.74) is 0.610. The lowest BCUT2D eigenvalue weighted by Gasteiger charge is -2.13. The molecule has 16 heavy (non-hydrogen) atoms. The zero-order valence-corrected chi connectivity index (χ0v) is 13.6. The van der Waals surface area contributed by atoms with E-state index in [9.17, 15) is 4.79 Å². The van der Waals surface area contributed by atoms with Gasteiger partial charge < -0.3 is 10.1 Å². The largest absolute Gasteiger partial charge is 0.495 e. The Bertz CT molecular complexity index is 426. The minimum atomic E-state index is -0.278. The zero-order valence-electron chi connectivity index (χ0n) is 8.11. The number of methoxy groups -OCH3 is 1. The van der Waals surface area contributed by atoms with Crippen LogP contribution in [0, 0.1) is 0 Å². The Morgan fingerprint density at radius 1 is 1.44 bits per heavy atom. The van der Waals surface area contributed by atoms with E-state index in [-0.39, 0.29) is 11.8 Å². The lowest BCUT2D eigenvalue weighted by atomic mass is 10.3. The van der Waals surface area contributed by atoms with E-state index in [1.54, 1.807) is 13.2 Å². The van der Waals surface area contributed by atoms with Crippen molar-refractivity contribution in [3.05, 3.63) is 19.5 Å². The molecule has 1 aromatic carbocycles. The number of amides is 1. The van der Waals surface area contributed by atoms with Gasteiger partial charge in [0.25, 0.3) is 0 Å². The van der Waals surface area contributed by atoms with Crippen LogP contribution in [0.2, 0.25) is 0 Å². The number of nitrogens with one attached hydrogen (secondary N) is 1. The van der Waals surface area contributed by atoms with E-state index in [0.717, 1.165) is 4.47 Å². The van der Waals surface area contributed by atoms with Gasteiger partial charge in [-0.2, -0.15) is 0 Å². The van der Waals surface area contributed by atoms with Crippen molar-refractivity contribution in [1.82, 2.24) is 0 Å². The lowest BCUT2D eigenvalue weighted by Crippen LogP contribution is -2.13. The van der Waals surface area contributed by atoms with Crippen molar-refractivity contribution in [2.75, 3.05) is 18.3 Å². The Morgan fingerprint density at radius 3 is 2.56 bits per heavy atom. The summed E-state index contributed by atoms with van der Waals surface area (Å²) in [6.45, 7) is 0. The van der Waals surface area contributed by atoms with E-state index in [4.69, 9.17) is 16.3 Å². The second-order valence-electron chi connectivity index (χ2n) is 2.75. The molecule has 0 fully saturated rings. The maximum absolute atomic E-state index is 11.2. The van der Waals surface area contributed by atoms with Crippen LogP contribution in [0.4, 0.5) is 5.69 Å². The van der Waals surface area contributed by atoms with Crippen molar-refractivity contribution < 1.29 is 9.53 Å². The highest BCUT2D eigenvalue weighted by Gasteiger charge is 2.15. The van der Waals surface area contributed by atoms with Crippen molar-refractivity contribution in [1.29, 1.82) is 0 Å². The van der Waals surface area contributed by atoms with Crippen molar-refractivity contribution >= 4 is 71.0 Å². The second-order valence-corrected chi connectivity index (χ2v) is 5.45. The number of benzene rings is 1. The van der Waals surface area contributed by atoms with Crippen molar-refractivity contribution in [3.63, 3.8) is 0 Å². The molecule has 0 radical (unpaired) electrons. The van der Waals surface area contributed by atoms with E-state index >= 15 is 0 Å². The van der Waals surface area contributed by atoms with Gasteiger partial charge in [0.15, 0.2) is 0 Å². The predicted molar refractivity (Wildman–Crippen MR) is 75.4 cm³/mol. The topological polar surface area (TPSA) is 38.3 Å². The van der Waals surface area contributed by atoms with Gasteiger partial charge in [0, 0.05) is 4.47 Å². The number of hydrogen-bond acceptors (Lipinski definition) is 2. The number of alkyl halides is 1. The molecular formula is C9H7Br3ClNO2. The average molecular weight is 436 g/mol. The first-order valence-electron chi connectivity index (χ1n) is 4.08. The van der Waals surface area contributed by atoms with Gasteiger partial charge >= 0.3 is 0 Å². The van der Waals surface area contributed by atoms with Crippen LogP contribution in [-0.2, 0) is 4.79 Å². The van der Waals surface area contributed by atoms with Gasteiger partial charge in [-0.15, -0.1) is 11.6 Å². The molecule has 0 heterocycles. The average Bonchev–Trinajstić information content (AvgIpc) is 2.28. The summed E-state index contributed by atoms with van der Waals surface area (Å²) >= 11 is 15.5. The maximum Gasteiger partial charge on any atom is 0.239 e. The van der Waals surface area contributed by atoms with E-state index in [2.05, 4.69) is 53.1 Å². The summed E-state index contributed by atoms with van der Waals surface area (Å²) in [5.74, 6) is 0.283. The number of hydrogen-bond donors (Lipinski definition) is 1. The maximum atomic E-state index is 11.2. The highest BCUT2D eigenvalue weighted by atomic mass is 79.9. The molecule has 0 aromatic heterocycles. The smallest absolute Gasteiger partial charge is 0.239 e. The van der Waals surface area contributed by atoms with Crippen LogP contribution in [0.5, 0.6) is 5.75 Å². The Morgan fingerprint density at radius 2 is 2.06 bits per heavy atom. The number of halogens is 4. The van der Waals surface area contributed by atoms with E-state index in [0.29, 0.717) is 20.4 Å². The minimum absolute atomic E-state index is 0.0947. The van der Waals surface area contributed by atoms with Crippen LogP contribution >= 0.6 is 59.4 Å². The van der Waals surface area contributed by atoms with Crippen LogP contribution in [0.15, 0.2) is 19.5 Å². The van der Waals surface area contributed by atoms with Crippen molar-refractivity contribution in [2.24, 2.45) is 0 Å². The molecule has 0 unspecified atom stereocenters. The summed E-state index contributed by atoms with van der Waals surface area (Å²) in [4.78, 5) is 11.2. The monoisotopic (exact) mass is 433 g/mol. The molecule has 0 spiro atoms. The zero-order chi connectivity index (χ0) is 12.3. The summed E-state index contributed by atoms with van der Waals surface area (Å²) in [6.07, 6.45) is 0. The highest BCUT2D eigenvalue weighted by molar-refractivity contribution is 9.13. The van der Waals surface area contributed by atoms with Gasteiger partial charge in [0.05, 0.1) is 21.7 Å². The Hall–Kier alpha value is 0.220. The highest BCUT2D eigenvalue weighted by Crippen LogP contribution is 2.42. The minimum Gasteiger partial charge on any atom is -0.495 e. The van der Waals surface area contributed by atoms with Gasteiger partial charge in [0.1, 0.15) is 11.6 Å². The number of carbonyl (C=O) groups excluding carboxylic acids is 1. The first-order valence-corrected chi connectivity index (χ1v) is 7.00. The molecule has 3 nitrogen and oxygen atoms in total. The summed E-state index contributed by atoms with van der Waals surface area (Å²) in [7, 11) is 1.57. The molecule has 0 saturated heterocycles. The number of anilines is 1. The van der Waals surface area contributed by atoms with Crippen molar-refractivity contribution in [3.8, 4) is 5.75 Å². The molecule has 7 heteroatoms. The standard InChI is InChI=1S/C9H7Br3ClNO2/c1-16-5-2-4(10)9(8(12)7(5)11)14-6(15)3-13/h2H,3H2,1H3,(H,14,15). The molecule has 1 rings (SSSR count). The Labute approximate surface area is 123 Å². The van der Waals surface area contributed by atoms with Crippen LogP contribution in [-0.4, -0.2) is 18.9 Å². The number of carbonyl (C=O) groups is 1. The lowest BCUT2D eigenvalue weighted by molar-refractivity contribution is -0.113. The van der Waals surface area contributed by atoms with Gasteiger partial charge in [-0.25, -0.2) is 0 Å². The molecule has 0 aliphatic rings. The molecule has 0 saturated carbocycles. The molecule has 0 aliphatic carbocycles. The van der Waals surface area contributed by atoms with E-state index in [1.807, 2.05) is 0 Å². The molecule has 1 aromatic rings. The van der Waals surface area contributed by atoms with Gasteiger partial charge in [-0.3, -0.25) is 4.79 Å². The summed E-state index contributed by atoms with van der Waals surface area (Å²) in [5, 5.41) is 2.67. The van der Waals surface area contributed by atoms with Crippen LogP contribution in [0.25, 0.3) is 0 Å². The van der Waals surface area contributed by atoms with Crippen LogP contribution < -0.4 is 10.1 Å². The third kappa shape index (κ3) is 3.12. The van der Waals surface area contributed by atoms with Crippen molar-refractivity contribution in [2.45, 2.75) is 0 Å². The normalized spacial score (nSPS) is 10.1. The van der Waals surface area contributed by atoms with E-state index in [1.165, 1.54) is 0 Å². The van der Waals surface area contributed by atoms with Gasteiger partial charge in [0.2, 0.25) is 5.91 Å². The molecule has 0 bridgehead atoms. The third-order valence-corrected chi connectivity index (χ3v) is 4.71. The third-order valence-electron chi connectivity index (χ3n) is 1.73. The summed E-state index contributed by atoms with van der Waals surface area (Å²) < 4.78 is 7.27. The van der Waals surface area contributed by atoms with Crippen LogP contribution in [0.3, 0.4) is 0 Å². The Kier molecular flexibility index (Phi) is 5.56. The molecule has 1 N–H and O–H groups in total. The fourth-order valence-electron chi connectivity index (χ4n) is 1.01. The first kappa shape index (κ1) is 14.3. The fraction of sp³-hybridized carbons (Fsp3) is 0.222. The number of ether oxygens (including phenoxy) is 1. The van der Waals surface area contributed by atoms with Gasteiger partial charge in [-0.05, 0) is 53.9 Å². The predicted octanol–water partition coefficient (Wildman–Crippen LogP) is 4.16. The summed E-state index contributed by atoms with van der Waals surface area (Å²) in [6, 6.07) is 1.75. The quantitative estimate of drug-likeness (QED) is 0.571. The fourth-order valence-corrected chi connectivity index (χ4v) is 2.83. The van der Waals surface area contributed by atoms with E-state index < -0.39 is 0 Å². The SMILES string of the molecule is COc1cc(Br)c(NC(=O)CCl)c(Br)c1Br. The van der Waals surface area contributed by atoms with Crippen LogP contribution in [0.1, 0.15) is 0 Å². The molecule has 88 valence electrons. The molecule has 1 amide bonds.